The Morgan fingerprint density at radius 2 is 1.92 bits per heavy atom. The van der Waals surface area contributed by atoms with Gasteiger partial charge in [-0.15, -0.1) is 0 Å². The van der Waals surface area contributed by atoms with Crippen molar-refractivity contribution < 1.29 is 0 Å². The molecule has 0 radical (unpaired) electrons. The monoisotopic (exact) mass is 200 g/mol. The minimum atomic E-state index is 0.220. The Balaban J connectivity index is 1.77. The predicted octanol–water partition coefficient (Wildman–Crippen LogP) is 1.38. The first-order chi connectivity index (χ1) is 6.10. The van der Waals surface area contributed by atoms with Crippen molar-refractivity contribution >= 4 is 11.6 Å². The molecule has 0 bridgehead atoms. The van der Waals surface area contributed by atoms with Gasteiger partial charge in [-0.1, -0.05) is 17.7 Å². The molecule has 1 heterocycles. The Bertz CT molecular complexity index is 231. The van der Waals surface area contributed by atoms with Gasteiger partial charge in [0.15, 0.2) is 0 Å². The molecular formula is C10H17ClN2. The molecule has 1 atom stereocenters. The molecule has 0 saturated carbocycles. The van der Waals surface area contributed by atoms with Crippen LogP contribution in [-0.2, 0) is 0 Å². The van der Waals surface area contributed by atoms with E-state index in [2.05, 4.69) is 29.8 Å². The Hall–Kier alpha value is -0.0500. The van der Waals surface area contributed by atoms with E-state index in [9.17, 15) is 0 Å². The zero-order valence-electron chi connectivity index (χ0n) is 8.39. The van der Waals surface area contributed by atoms with E-state index in [4.69, 9.17) is 11.6 Å². The number of hydrogen-bond acceptors (Lipinski definition) is 2. The van der Waals surface area contributed by atoms with Crippen LogP contribution in [0.5, 0.6) is 0 Å². The molecule has 13 heavy (non-hydrogen) atoms. The number of halogens is 1. The number of nitrogens with zero attached hydrogens (tertiary/aromatic N) is 2. The van der Waals surface area contributed by atoms with E-state index in [1.807, 2.05) is 0 Å². The zero-order valence-corrected chi connectivity index (χ0v) is 9.14. The molecule has 0 amide bonds. The van der Waals surface area contributed by atoms with Crippen LogP contribution in [0, 0.1) is 5.41 Å². The molecule has 0 aromatic rings. The second-order valence-corrected chi connectivity index (χ2v) is 4.90. The average molecular weight is 201 g/mol. The van der Waals surface area contributed by atoms with Crippen LogP contribution in [-0.4, -0.2) is 49.6 Å². The summed E-state index contributed by atoms with van der Waals surface area (Å²) in [6, 6.07) is 0. The van der Waals surface area contributed by atoms with Crippen LogP contribution in [0.2, 0.25) is 0 Å². The highest BCUT2D eigenvalue weighted by Crippen LogP contribution is 2.46. The number of hydrogen-bond donors (Lipinski definition) is 0. The van der Waals surface area contributed by atoms with Crippen molar-refractivity contribution in [3.05, 3.63) is 11.1 Å². The fourth-order valence-corrected chi connectivity index (χ4v) is 2.14. The Morgan fingerprint density at radius 1 is 1.38 bits per heavy atom. The molecular weight excluding hydrogens is 184 g/mol. The standard InChI is InChI=1S/C10H17ClN2/c1-10(7-9(10)11)8-13-5-3-12(2)4-6-13/h7H,3-6,8H2,1-2H3. The molecule has 0 spiro atoms. The number of rotatable bonds is 2. The SMILES string of the molecule is CN1CCN(CC2(C)C=C2Cl)CC1. The Labute approximate surface area is 85.1 Å². The summed E-state index contributed by atoms with van der Waals surface area (Å²) in [7, 11) is 2.18. The molecule has 1 unspecified atom stereocenters. The highest BCUT2D eigenvalue weighted by atomic mass is 35.5. The topological polar surface area (TPSA) is 6.48 Å². The van der Waals surface area contributed by atoms with Crippen molar-refractivity contribution in [3.8, 4) is 0 Å². The van der Waals surface area contributed by atoms with Gasteiger partial charge in [0.25, 0.3) is 0 Å². The van der Waals surface area contributed by atoms with Crippen LogP contribution in [0.1, 0.15) is 6.92 Å². The fraction of sp³-hybridized carbons (Fsp3) is 0.800. The van der Waals surface area contributed by atoms with Gasteiger partial charge in [0.05, 0.1) is 0 Å². The summed E-state index contributed by atoms with van der Waals surface area (Å²) in [5.74, 6) is 0. The largest absolute Gasteiger partial charge is 0.304 e. The maximum absolute atomic E-state index is 5.96. The highest BCUT2D eigenvalue weighted by Gasteiger charge is 2.39. The van der Waals surface area contributed by atoms with Crippen LogP contribution < -0.4 is 0 Å². The first-order valence-electron chi connectivity index (χ1n) is 4.90. The lowest BCUT2D eigenvalue weighted by atomic mass is 10.1. The van der Waals surface area contributed by atoms with Crippen molar-refractivity contribution in [3.63, 3.8) is 0 Å². The number of likely N-dealkylation sites (N-methyl/N-ethyl adjacent to an activating group) is 1. The van der Waals surface area contributed by atoms with Crippen molar-refractivity contribution in [2.75, 3.05) is 39.8 Å². The third kappa shape index (κ3) is 2.06. The molecule has 0 N–H and O–H groups in total. The van der Waals surface area contributed by atoms with Gasteiger partial charge in [0, 0.05) is 43.2 Å². The van der Waals surface area contributed by atoms with E-state index in [-0.39, 0.29) is 5.41 Å². The van der Waals surface area contributed by atoms with Crippen LogP contribution in [0.15, 0.2) is 11.1 Å². The van der Waals surface area contributed by atoms with Crippen LogP contribution in [0.3, 0.4) is 0 Å². The summed E-state index contributed by atoms with van der Waals surface area (Å²) in [6.45, 7) is 8.07. The molecule has 74 valence electrons. The molecule has 2 nitrogen and oxygen atoms in total. The second kappa shape index (κ2) is 3.26. The molecule has 0 aromatic heterocycles. The van der Waals surface area contributed by atoms with E-state index < -0.39 is 0 Å². The van der Waals surface area contributed by atoms with Gasteiger partial charge in [-0.3, -0.25) is 4.90 Å². The van der Waals surface area contributed by atoms with E-state index in [1.165, 1.54) is 26.2 Å². The quantitative estimate of drug-likeness (QED) is 0.665. The molecule has 1 saturated heterocycles. The zero-order chi connectivity index (χ0) is 9.47. The van der Waals surface area contributed by atoms with Gasteiger partial charge in [-0.25, -0.2) is 0 Å². The van der Waals surface area contributed by atoms with Crippen molar-refractivity contribution in [2.45, 2.75) is 6.92 Å². The summed E-state index contributed by atoms with van der Waals surface area (Å²) < 4.78 is 0. The summed E-state index contributed by atoms with van der Waals surface area (Å²) in [5, 5.41) is 1.05. The third-order valence-electron chi connectivity index (χ3n) is 3.06. The summed E-state index contributed by atoms with van der Waals surface area (Å²) >= 11 is 5.96. The van der Waals surface area contributed by atoms with E-state index >= 15 is 0 Å². The third-order valence-corrected chi connectivity index (χ3v) is 3.60. The summed E-state index contributed by atoms with van der Waals surface area (Å²) in [4.78, 5) is 4.88. The van der Waals surface area contributed by atoms with Crippen molar-refractivity contribution in [1.29, 1.82) is 0 Å². The lowest BCUT2D eigenvalue weighted by Gasteiger charge is -2.34. The van der Waals surface area contributed by atoms with Crippen LogP contribution in [0.25, 0.3) is 0 Å². The maximum Gasteiger partial charge on any atom is 0.0350 e. The lowest BCUT2D eigenvalue weighted by molar-refractivity contribution is 0.138. The average Bonchev–Trinajstić information content (AvgIpc) is 2.65. The maximum atomic E-state index is 5.96. The van der Waals surface area contributed by atoms with Crippen molar-refractivity contribution in [2.24, 2.45) is 5.41 Å². The molecule has 2 rings (SSSR count). The normalized spacial score (nSPS) is 36.1. The van der Waals surface area contributed by atoms with Crippen LogP contribution in [0.4, 0.5) is 0 Å². The summed E-state index contributed by atoms with van der Waals surface area (Å²) in [6.07, 6.45) is 2.16. The van der Waals surface area contributed by atoms with Gasteiger partial charge in [0.2, 0.25) is 0 Å². The van der Waals surface area contributed by atoms with E-state index in [1.54, 1.807) is 0 Å². The molecule has 3 heteroatoms. The number of piperazine rings is 1. The molecule has 2 aliphatic rings. The first-order valence-corrected chi connectivity index (χ1v) is 5.28. The molecule has 1 aliphatic heterocycles. The van der Waals surface area contributed by atoms with Crippen LogP contribution >= 0.6 is 11.6 Å². The second-order valence-electron chi connectivity index (χ2n) is 4.49. The van der Waals surface area contributed by atoms with Gasteiger partial charge in [-0.2, -0.15) is 0 Å². The molecule has 0 aromatic carbocycles. The molecule has 1 fully saturated rings. The minimum absolute atomic E-state index is 0.220. The Kier molecular flexibility index (Phi) is 2.39. The van der Waals surface area contributed by atoms with Gasteiger partial charge >= 0.3 is 0 Å². The molecule has 1 aliphatic carbocycles. The highest BCUT2D eigenvalue weighted by molar-refractivity contribution is 6.33. The fourth-order valence-electron chi connectivity index (χ4n) is 1.84. The lowest BCUT2D eigenvalue weighted by Crippen LogP contribution is -2.46. The Morgan fingerprint density at radius 3 is 2.38 bits per heavy atom. The summed E-state index contributed by atoms with van der Waals surface area (Å²) in [5.41, 5.74) is 0.220. The predicted molar refractivity (Wildman–Crippen MR) is 56.0 cm³/mol. The smallest absolute Gasteiger partial charge is 0.0350 e. The van der Waals surface area contributed by atoms with E-state index in [0.717, 1.165) is 11.6 Å². The van der Waals surface area contributed by atoms with E-state index in [0.29, 0.717) is 0 Å². The van der Waals surface area contributed by atoms with Gasteiger partial charge < -0.3 is 4.90 Å². The minimum Gasteiger partial charge on any atom is -0.304 e. The van der Waals surface area contributed by atoms with Gasteiger partial charge in [0.1, 0.15) is 0 Å². The first kappa shape index (κ1) is 9.50. The van der Waals surface area contributed by atoms with Crippen molar-refractivity contribution in [1.82, 2.24) is 9.80 Å². The van der Waals surface area contributed by atoms with Gasteiger partial charge in [-0.05, 0) is 14.0 Å².